The lowest BCUT2D eigenvalue weighted by atomic mass is 10.1. The van der Waals surface area contributed by atoms with Gasteiger partial charge < -0.3 is 14.4 Å². The van der Waals surface area contributed by atoms with E-state index >= 15 is 0 Å². The second-order valence-corrected chi connectivity index (χ2v) is 6.87. The summed E-state index contributed by atoms with van der Waals surface area (Å²) in [4.78, 5) is 0. The molecule has 0 aliphatic heterocycles. The summed E-state index contributed by atoms with van der Waals surface area (Å²) in [6.45, 7) is 0.0499. The highest BCUT2D eigenvalue weighted by Crippen LogP contribution is 2.40. The van der Waals surface area contributed by atoms with Crippen molar-refractivity contribution in [3.05, 3.63) is 83.9 Å². The number of para-hydroxylation sites is 1. The number of aromatic hydroxyl groups is 1. The molecule has 0 saturated carbocycles. The van der Waals surface area contributed by atoms with E-state index in [1.165, 1.54) is 10.6 Å². The summed E-state index contributed by atoms with van der Waals surface area (Å²) in [6, 6.07) is 19.1. The van der Waals surface area contributed by atoms with Crippen molar-refractivity contribution in [1.29, 1.82) is 0 Å². The minimum Gasteiger partial charge on any atom is -0.497 e. The van der Waals surface area contributed by atoms with Crippen LogP contribution >= 0.6 is 0 Å². The molecule has 0 saturated heterocycles. The normalized spacial score (nSPS) is 12.0. The maximum absolute atomic E-state index is 13.1. The maximum Gasteiger partial charge on any atom is 0.416 e. The number of azo groups is 1. The number of alkyl halides is 3. The molecule has 0 unspecified atom stereocenters. The van der Waals surface area contributed by atoms with Gasteiger partial charge in [-0.05, 0) is 48.0 Å². The van der Waals surface area contributed by atoms with E-state index in [1.54, 1.807) is 61.7 Å². The van der Waals surface area contributed by atoms with Crippen LogP contribution in [0.2, 0.25) is 0 Å². The number of ether oxygens (including phenoxy) is 1. The van der Waals surface area contributed by atoms with Crippen LogP contribution in [0.1, 0.15) is 11.1 Å². The van der Waals surface area contributed by atoms with Gasteiger partial charge in [-0.3, -0.25) is 0 Å². The summed E-state index contributed by atoms with van der Waals surface area (Å²) in [5.74, 6) is 0.510. The molecule has 0 atom stereocenters. The molecule has 0 bridgehead atoms. The standard InChI is InChI=1S/C23H18F3N3O2/c1-31-18-11-9-17(10-12-18)27-28-21-19-7-2-3-8-20(19)29(22(21)30)14-15-5-4-6-16(13-15)23(24,25)26/h2-13,30H,14H2,1H3. The monoisotopic (exact) mass is 425 g/mol. The average Bonchev–Trinajstić information content (AvgIpc) is 3.03. The SMILES string of the molecule is COc1ccc(N=Nc2c(O)n(Cc3cccc(C(F)(F)F)c3)c3ccccc23)cc1. The molecule has 0 radical (unpaired) electrons. The lowest BCUT2D eigenvalue weighted by molar-refractivity contribution is -0.137. The van der Waals surface area contributed by atoms with Crippen LogP contribution in [0.3, 0.4) is 0 Å². The van der Waals surface area contributed by atoms with Crippen LogP contribution in [0.25, 0.3) is 10.9 Å². The van der Waals surface area contributed by atoms with Crippen molar-refractivity contribution >= 4 is 22.3 Å². The van der Waals surface area contributed by atoms with E-state index in [1.807, 2.05) is 0 Å². The molecule has 1 N–H and O–H groups in total. The highest BCUT2D eigenvalue weighted by atomic mass is 19.4. The molecule has 0 aliphatic rings. The van der Waals surface area contributed by atoms with Crippen LogP contribution in [0.15, 0.2) is 83.0 Å². The first-order valence-corrected chi connectivity index (χ1v) is 9.39. The Morgan fingerprint density at radius 3 is 2.39 bits per heavy atom. The third-order valence-corrected chi connectivity index (χ3v) is 4.85. The Bertz CT molecular complexity index is 1250. The topological polar surface area (TPSA) is 59.1 Å². The van der Waals surface area contributed by atoms with Crippen LogP contribution in [-0.2, 0) is 12.7 Å². The Hall–Kier alpha value is -3.81. The lowest BCUT2D eigenvalue weighted by Crippen LogP contribution is -2.06. The fourth-order valence-electron chi connectivity index (χ4n) is 3.32. The minimum absolute atomic E-state index is 0.0499. The van der Waals surface area contributed by atoms with Gasteiger partial charge in [0.1, 0.15) is 5.75 Å². The largest absolute Gasteiger partial charge is 0.497 e. The van der Waals surface area contributed by atoms with E-state index in [2.05, 4.69) is 10.2 Å². The van der Waals surface area contributed by atoms with Gasteiger partial charge in [-0.2, -0.15) is 18.3 Å². The molecule has 4 aromatic rings. The third kappa shape index (κ3) is 4.23. The number of hydrogen-bond acceptors (Lipinski definition) is 4. The van der Waals surface area contributed by atoms with Crippen molar-refractivity contribution in [3.63, 3.8) is 0 Å². The Morgan fingerprint density at radius 2 is 1.68 bits per heavy atom. The van der Waals surface area contributed by atoms with Crippen molar-refractivity contribution in [2.45, 2.75) is 12.7 Å². The Kier molecular flexibility index (Phi) is 5.37. The molecule has 0 fully saturated rings. The van der Waals surface area contributed by atoms with Gasteiger partial charge >= 0.3 is 6.18 Å². The molecule has 1 aromatic heterocycles. The first-order chi connectivity index (χ1) is 14.9. The highest BCUT2D eigenvalue weighted by molar-refractivity contribution is 5.95. The fourth-order valence-corrected chi connectivity index (χ4v) is 3.32. The fraction of sp³-hybridized carbons (Fsp3) is 0.130. The second-order valence-electron chi connectivity index (χ2n) is 6.87. The zero-order valence-electron chi connectivity index (χ0n) is 16.5. The van der Waals surface area contributed by atoms with E-state index < -0.39 is 11.7 Å². The van der Waals surface area contributed by atoms with Gasteiger partial charge in [0.05, 0.1) is 30.4 Å². The van der Waals surface area contributed by atoms with Gasteiger partial charge in [-0.1, -0.05) is 30.3 Å². The van der Waals surface area contributed by atoms with Gasteiger partial charge in [0, 0.05) is 5.39 Å². The molecule has 0 amide bonds. The summed E-state index contributed by atoms with van der Waals surface area (Å²) >= 11 is 0. The molecule has 5 nitrogen and oxygen atoms in total. The molecule has 158 valence electrons. The molecule has 8 heteroatoms. The quantitative estimate of drug-likeness (QED) is 0.356. The number of methoxy groups -OCH3 is 1. The van der Waals surface area contributed by atoms with E-state index in [4.69, 9.17) is 4.74 Å². The Balaban J connectivity index is 1.72. The number of aromatic nitrogens is 1. The summed E-state index contributed by atoms with van der Waals surface area (Å²) in [7, 11) is 1.56. The molecular formula is C23H18F3N3O2. The minimum atomic E-state index is -4.44. The second kappa shape index (κ2) is 8.14. The third-order valence-electron chi connectivity index (χ3n) is 4.85. The summed E-state index contributed by atoms with van der Waals surface area (Å²) in [6.07, 6.45) is -4.44. The van der Waals surface area contributed by atoms with Gasteiger partial charge in [0.15, 0.2) is 5.69 Å². The molecule has 1 heterocycles. The van der Waals surface area contributed by atoms with Crippen molar-refractivity contribution < 1.29 is 23.0 Å². The Morgan fingerprint density at radius 1 is 0.935 bits per heavy atom. The zero-order chi connectivity index (χ0) is 22.0. The number of halogens is 3. The van der Waals surface area contributed by atoms with Crippen LogP contribution in [0.4, 0.5) is 24.5 Å². The van der Waals surface area contributed by atoms with E-state index in [-0.39, 0.29) is 18.1 Å². The van der Waals surface area contributed by atoms with Crippen molar-refractivity contribution in [2.75, 3.05) is 7.11 Å². The molecule has 3 aromatic carbocycles. The van der Waals surface area contributed by atoms with Gasteiger partial charge in [-0.25, -0.2) is 0 Å². The maximum atomic E-state index is 13.1. The zero-order valence-corrected chi connectivity index (χ0v) is 16.5. The summed E-state index contributed by atoms with van der Waals surface area (Å²) in [5.41, 5.74) is 1.12. The predicted molar refractivity (Wildman–Crippen MR) is 111 cm³/mol. The van der Waals surface area contributed by atoms with E-state index in [9.17, 15) is 18.3 Å². The van der Waals surface area contributed by atoms with Crippen LogP contribution in [-0.4, -0.2) is 16.8 Å². The first kappa shape index (κ1) is 20.5. The number of rotatable bonds is 5. The van der Waals surface area contributed by atoms with Gasteiger partial charge in [0.2, 0.25) is 5.88 Å². The summed E-state index contributed by atoms with van der Waals surface area (Å²) in [5, 5.41) is 19.9. The van der Waals surface area contributed by atoms with Crippen molar-refractivity contribution in [3.8, 4) is 11.6 Å². The van der Waals surface area contributed by atoms with Crippen LogP contribution in [0, 0.1) is 0 Å². The molecule has 31 heavy (non-hydrogen) atoms. The average molecular weight is 425 g/mol. The van der Waals surface area contributed by atoms with Crippen LogP contribution in [0.5, 0.6) is 11.6 Å². The van der Waals surface area contributed by atoms with E-state index in [0.29, 0.717) is 27.9 Å². The number of nitrogens with zero attached hydrogens (tertiary/aromatic N) is 3. The smallest absolute Gasteiger partial charge is 0.416 e. The predicted octanol–water partition coefficient (Wildman–Crippen LogP) is 6.84. The molecule has 4 rings (SSSR count). The number of hydrogen-bond donors (Lipinski definition) is 1. The van der Waals surface area contributed by atoms with E-state index in [0.717, 1.165) is 12.1 Å². The molecule has 0 aliphatic carbocycles. The number of benzene rings is 3. The Labute approximate surface area is 176 Å². The van der Waals surface area contributed by atoms with Gasteiger partial charge in [0.25, 0.3) is 0 Å². The van der Waals surface area contributed by atoms with Gasteiger partial charge in [-0.15, -0.1) is 5.11 Å². The van der Waals surface area contributed by atoms with Crippen molar-refractivity contribution in [1.82, 2.24) is 4.57 Å². The lowest BCUT2D eigenvalue weighted by Gasteiger charge is -2.11. The molecule has 0 spiro atoms. The highest BCUT2D eigenvalue weighted by Gasteiger charge is 2.30. The number of fused-ring (bicyclic) bond motifs is 1. The molecular weight excluding hydrogens is 407 g/mol. The first-order valence-electron chi connectivity index (χ1n) is 9.39. The van der Waals surface area contributed by atoms with Crippen molar-refractivity contribution in [2.24, 2.45) is 10.2 Å². The summed E-state index contributed by atoms with van der Waals surface area (Å²) < 4.78 is 45.8. The van der Waals surface area contributed by atoms with Crippen LogP contribution < -0.4 is 4.74 Å².